The van der Waals surface area contributed by atoms with Gasteiger partial charge in [0, 0.05) is 25.3 Å². The van der Waals surface area contributed by atoms with Gasteiger partial charge in [-0.3, -0.25) is 4.99 Å². The standard InChI is InChI=1S/C20H26N4O2/c1-3-26-17-7-5-4-6-16(17)14-24-12-10-15-8-9-18(21)23-20(19(15)24)22-11-13-25-2/h4-7,10,12H,3,8-9,11,13-14H2,1-2H3,(H2,21,22,23). The number of para-hydroxylation sites is 1. The first kappa shape index (κ1) is 18.2. The second-order valence-corrected chi connectivity index (χ2v) is 6.16. The van der Waals surface area contributed by atoms with Crippen LogP contribution in [0, 0.1) is 0 Å². The smallest absolute Gasteiger partial charge is 0.173 e. The third-order valence-electron chi connectivity index (χ3n) is 4.33. The Morgan fingerprint density at radius 1 is 1.23 bits per heavy atom. The molecule has 0 spiro atoms. The molecule has 2 aromatic rings. The Hall–Kier alpha value is -2.60. The van der Waals surface area contributed by atoms with Crippen LogP contribution in [-0.4, -0.2) is 43.1 Å². The number of ether oxygens (including phenoxy) is 2. The van der Waals surface area contributed by atoms with E-state index in [1.807, 2.05) is 25.1 Å². The van der Waals surface area contributed by atoms with Crippen molar-refractivity contribution in [2.45, 2.75) is 26.3 Å². The largest absolute Gasteiger partial charge is 0.494 e. The third kappa shape index (κ3) is 4.14. The summed E-state index contributed by atoms with van der Waals surface area (Å²) in [5.74, 6) is 2.22. The number of nitrogens with two attached hydrogens (primary N) is 1. The summed E-state index contributed by atoms with van der Waals surface area (Å²) < 4.78 is 13.1. The van der Waals surface area contributed by atoms with Gasteiger partial charge in [0.15, 0.2) is 5.84 Å². The number of hydrogen-bond acceptors (Lipinski definition) is 4. The van der Waals surface area contributed by atoms with Gasteiger partial charge in [0.1, 0.15) is 11.6 Å². The van der Waals surface area contributed by atoms with Crippen molar-refractivity contribution in [2.75, 3.05) is 26.9 Å². The number of hydrogen-bond donors (Lipinski definition) is 1. The highest BCUT2D eigenvalue weighted by Crippen LogP contribution is 2.24. The maximum atomic E-state index is 6.04. The van der Waals surface area contributed by atoms with Crippen molar-refractivity contribution in [2.24, 2.45) is 15.7 Å². The first-order valence-electron chi connectivity index (χ1n) is 8.98. The van der Waals surface area contributed by atoms with Gasteiger partial charge in [-0.15, -0.1) is 0 Å². The van der Waals surface area contributed by atoms with E-state index in [0.717, 1.165) is 29.8 Å². The van der Waals surface area contributed by atoms with Gasteiger partial charge in [-0.2, -0.15) is 0 Å². The molecular weight excluding hydrogens is 328 g/mol. The summed E-state index contributed by atoms with van der Waals surface area (Å²) >= 11 is 0. The molecule has 0 radical (unpaired) electrons. The minimum absolute atomic E-state index is 0.558. The Balaban J connectivity index is 1.96. The molecule has 0 saturated carbocycles. The lowest BCUT2D eigenvalue weighted by molar-refractivity contribution is 0.208. The molecule has 138 valence electrons. The van der Waals surface area contributed by atoms with Gasteiger partial charge in [0.05, 0.1) is 32.0 Å². The predicted molar refractivity (Wildman–Crippen MR) is 104 cm³/mol. The van der Waals surface area contributed by atoms with Gasteiger partial charge in [0.2, 0.25) is 0 Å². The number of fused-ring (bicyclic) bond motifs is 1. The molecule has 0 bridgehead atoms. The number of aliphatic imine (C=N–C) groups is 2. The van der Waals surface area contributed by atoms with Crippen LogP contribution in [0.5, 0.6) is 5.75 Å². The van der Waals surface area contributed by atoms with Crippen LogP contribution >= 0.6 is 0 Å². The van der Waals surface area contributed by atoms with E-state index in [9.17, 15) is 0 Å². The molecule has 0 unspecified atom stereocenters. The van der Waals surface area contributed by atoms with Crippen LogP contribution < -0.4 is 10.5 Å². The lowest BCUT2D eigenvalue weighted by atomic mass is 10.1. The lowest BCUT2D eigenvalue weighted by Crippen LogP contribution is -2.15. The van der Waals surface area contributed by atoms with Crippen LogP contribution in [0.1, 0.15) is 30.2 Å². The average molecular weight is 354 g/mol. The van der Waals surface area contributed by atoms with E-state index in [4.69, 9.17) is 15.2 Å². The number of aromatic nitrogens is 1. The Bertz CT molecular complexity index is 808. The van der Waals surface area contributed by atoms with Gasteiger partial charge in [-0.05, 0) is 31.0 Å². The number of benzene rings is 1. The molecule has 1 aliphatic heterocycles. The van der Waals surface area contributed by atoms with E-state index in [1.54, 1.807) is 7.11 Å². The zero-order chi connectivity index (χ0) is 18.4. The Kier molecular flexibility index (Phi) is 6.07. The zero-order valence-electron chi connectivity index (χ0n) is 15.4. The zero-order valence-corrected chi connectivity index (χ0v) is 15.4. The minimum atomic E-state index is 0.558. The van der Waals surface area contributed by atoms with Crippen molar-refractivity contribution < 1.29 is 9.47 Å². The summed E-state index contributed by atoms with van der Waals surface area (Å²) in [7, 11) is 1.67. The van der Waals surface area contributed by atoms with E-state index < -0.39 is 0 Å². The number of methoxy groups -OCH3 is 1. The molecule has 0 atom stereocenters. The molecule has 0 amide bonds. The molecule has 0 aliphatic carbocycles. The average Bonchev–Trinajstić information content (AvgIpc) is 2.96. The summed E-state index contributed by atoms with van der Waals surface area (Å²) in [6.07, 6.45) is 3.71. The molecule has 0 saturated heterocycles. The van der Waals surface area contributed by atoms with Crippen LogP contribution in [0.2, 0.25) is 0 Å². The Labute approximate surface area is 154 Å². The summed E-state index contributed by atoms with van der Waals surface area (Å²) in [5.41, 5.74) is 9.43. The van der Waals surface area contributed by atoms with Crippen molar-refractivity contribution >= 4 is 11.7 Å². The van der Waals surface area contributed by atoms with Crippen molar-refractivity contribution in [3.8, 4) is 5.75 Å². The van der Waals surface area contributed by atoms with Gasteiger partial charge < -0.3 is 19.8 Å². The van der Waals surface area contributed by atoms with Crippen molar-refractivity contribution in [3.63, 3.8) is 0 Å². The maximum Gasteiger partial charge on any atom is 0.173 e. The summed E-state index contributed by atoms with van der Waals surface area (Å²) in [4.78, 5) is 9.19. The van der Waals surface area contributed by atoms with Crippen molar-refractivity contribution in [1.82, 2.24) is 4.57 Å². The number of nitrogens with zero attached hydrogens (tertiary/aromatic N) is 3. The fourth-order valence-corrected chi connectivity index (χ4v) is 3.10. The van der Waals surface area contributed by atoms with Gasteiger partial charge in [-0.1, -0.05) is 18.2 Å². The van der Waals surface area contributed by atoms with Crippen molar-refractivity contribution in [1.29, 1.82) is 0 Å². The normalized spacial score (nSPS) is 15.5. The Morgan fingerprint density at radius 3 is 2.88 bits per heavy atom. The second-order valence-electron chi connectivity index (χ2n) is 6.16. The maximum absolute atomic E-state index is 6.04. The van der Waals surface area contributed by atoms with Crippen LogP contribution in [-0.2, 0) is 17.7 Å². The first-order valence-corrected chi connectivity index (χ1v) is 8.98. The summed E-state index contributed by atoms with van der Waals surface area (Å²) in [5, 5.41) is 0. The first-order chi connectivity index (χ1) is 12.7. The molecular formula is C20H26N4O2. The van der Waals surface area contributed by atoms with Crippen LogP contribution in [0.4, 0.5) is 0 Å². The topological polar surface area (TPSA) is 74.1 Å². The molecule has 2 heterocycles. The number of aryl methyl sites for hydroxylation is 1. The molecule has 26 heavy (non-hydrogen) atoms. The summed E-state index contributed by atoms with van der Waals surface area (Å²) in [6.45, 7) is 4.46. The third-order valence-corrected chi connectivity index (χ3v) is 4.33. The predicted octanol–water partition coefficient (Wildman–Crippen LogP) is 2.63. The molecule has 0 fully saturated rings. The van der Waals surface area contributed by atoms with E-state index in [2.05, 4.69) is 32.9 Å². The fraction of sp³-hybridized carbons (Fsp3) is 0.400. The molecule has 6 heteroatoms. The van der Waals surface area contributed by atoms with Gasteiger partial charge >= 0.3 is 0 Å². The molecule has 1 aromatic carbocycles. The van der Waals surface area contributed by atoms with Gasteiger partial charge in [-0.25, -0.2) is 4.99 Å². The monoisotopic (exact) mass is 354 g/mol. The molecule has 6 nitrogen and oxygen atoms in total. The van der Waals surface area contributed by atoms with Gasteiger partial charge in [0.25, 0.3) is 0 Å². The van der Waals surface area contributed by atoms with E-state index in [0.29, 0.717) is 38.0 Å². The Morgan fingerprint density at radius 2 is 2.08 bits per heavy atom. The van der Waals surface area contributed by atoms with Crippen molar-refractivity contribution in [3.05, 3.63) is 53.3 Å². The number of amidine groups is 2. The summed E-state index contributed by atoms with van der Waals surface area (Å²) in [6, 6.07) is 10.3. The minimum Gasteiger partial charge on any atom is -0.494 e. The van der Waals surface area contributed by atoms with E-state index >= 15 is 0 Å². The van der Waals surface area contributed by atoms with E-state index in [1.165, 1.54) is 5.56 Å². The molecule has 1 aliphatic rings. The van der Waals surface area contributed by atoms with E-state index in [-0.39, 0.29) is 0 Å². The van der Waals surface area contributed by atoms with Crippen LogP contribution in [0.15, 0.2) is 46.5 Å². The highest BCUT2D eigenvalue weighted by Gasteiger charge is 2.19. The highest BCUT2D eigenvalue weighted by atomic mass is 16.5. The molecule has 2 N–H and O–H groups in total. The molecule has 1 aromatic heterocycles. The molecule has 3 rings (SSSR count). The quantitative estimate of drug-likeness (QED) is 0.777. The SMILES string of the molecule is CCOc1ccccc1Cn1ccc2c1C(=NCCOC)N=C(N)CC2. The lowest BCUT2D eigenvalue weighted by Gasteiger charge is -2.14. The fourth-order valence-electron chi connectivity index (χ4n) is 3.10. The second kappa shape index (κ2) is 8.67. The van der Waals surface area contributed by atoms with Crippen LogP contribution in [0.25, 0.3) is 0 Å². The number of rotatable bonds is 7. The van der Waals surface area contributed by atoms with Crippen LogP contribution in [0.3, 0.4) is 0 Å². The highest BCUT2D eigenvalue weighted by molar-refractivity contribution is 6.07.